The average molecular weight is 357 g/mol. The lowest BCUT2D eigenvalue weighted by molar-refractivity contribution is 0.977. The van der Waals surface area contributed by atoms with Crippen molar-refractivity contribution in [3.8, 4) is 5.69 Å². The third-order valence-electron chi connectivity index (χ3n) is 2.82. The summed E-state index contributed by atoms with van der Waals surface area (Å²) < 4.78 is 2.80. The van der Waals surface area contributed by atoms with E-state index < -0.39 is 0 Å². The van der Waals surface area contributed by atoms with Crippen LogP contribution in [0.1, 0.15) is 5.82 Å². The molecular formula is C13H8BrCl2N3. The maximum atomic E-state index is 6.15. The second-order valence-corrected chi connectivity index (χ2v) is 5.40. The molecule has 0 N–H and O–H groups in total. The van der Waals surface area contributed by atoms with Gasteiger partial charge in [0.15, 0.2) is 0 Å². The number of halogens is 3. The van der Waals surface area contributed by atoms with Gasteiger partial charge in [0.05, 0.1) is 32.8 Å². The summed E-state index contributed by atoms with van der Waals surface area (Å²) in [4.78, 5) is 8.56. The number of nitrogens with zero attached hydrogens (tertiary/aromatic N) is 3. The minimum Gasteiger partial charge on any atom is -0.294 e. The van der Waals surface area contributed by atoms with Crippen molar-refractivity contribution in [2.24, 2.45) is 0 Å². The molecule has 0 fully saturated rings. The molecule has 2 heterocycles. The Morgan fingerprint density at radius 2 is 2.11 bits per heavy atom. The van der Waals surface area contributed by atoms with Crippen molar-refractivity contribution in [2.75, 3.05) is 0 Å². The first-order valence-corrected chi connectivity index (χ1v) is 7.24. The standard InChI is InChI=1S/C13H8BrCl2N3/c14-13-8(16)2-1-3-11(13)19-10-4-5-17-7-9(10)18-12(19)6-15/h1-5,7H,6H2. The number of hydrogen-bond acceptors (Lipinski definition) is 2. The Morgan fingerprint density at radius 1 is 1.26 bits per heavy atom. The van der Waals surface area contributed by atoms with E-state index in [1.165, 1.54) is 0 Å². The molecular weight excluding hydrogens is 349 g/mol. The number of hydrogen-bond donors (Lipinski definition) is 0. The van der Waals surface area contributed by atoms with Crippen LogP contribution in [0.15, 0.2) is 41.1 Å². The van der Waals surface area contributed by atoms with Crippen LogP contribution in [0.3, 0.4) is 0 Å². The molecule has 0 radical (unpaired) electrons. The highest BCUT2D eigenvalue weighted by Crippen LogP contribution is 2.32. The number of fused-ring (bicyclic) bond motifs is 1. The molecule has 19 heavy (non-hydrogen) atoms. The quantitative estimate of drug-likeness (QED) is 0.629. The molecule has 0 aliphatic rings. The van der Waals surface area contributed by atoms with Gasteiger partial charge in [0.1, 0.15) is 11.3 Å². The Balaban J connectivity index is 2.38. The third-order valence-corrected chi connectivity index (χ3v) is 4.43. The van der Waals surface area contributed by atoms with Crippen LogP contribution in [0.4, 0.5) is 0 Å². The fourth-order valence-corrected chi connectivity index (χ4v) is 2.80. The molecule has 0 aliphatic heterocycles. The van der Waals surface area contributed by atoms with E-state index >= 15 is 0 Å². The van der Waals surface area contributed by atoms with Crippen LogP contribution in [0.2, 0.25) is 5.02 Å². The highest BCUT2D eigenvalue weighted by atomic mass is 79.9. The molecule has 0 bridgehead atoms. The summed E-state index contributed by atoms with van der Waals surface area (Å²) in [6.07, 6.45) is 3.46. The Labute approximate surface area is 128 Å². The summed E-state index contributed by atoms with van der Waals surface area (Å²) in [7, 11) is 0. The lowest BCUT2D eigenvalue weighted by Crippen LogP contribution is -2.00. The molecule has 0 saturated heterocycles. The molecule has 3 nitrogen and oxygen atoms in total. The molecule has 0 atom stereocenters. The number of benzene rings is 1. The largest absolute Gasteiger partial charge is 0.294 e. The Morgan fingerprint density at radius 3 is 2.89 bits per heavy atom. The van der Waals surface area contributed by atoms with Gasteiger partial charge in [-0.2, -0.15) is 0 Å². The SMILES string of the molecule is ClCc1nc2cnccc2n1-c1cccc(Cl)c1Br. The molecule has 0 amide bonds. The summed E-state index contributed by atoms with van der Waals surface area (Å²) >= 11 is 15.7. The lowest BCUT2D eigenvalue weighted by atomic mass is 10.3. The smallest absolute Gasteiger partial charge is 0.129 e. The van der Waals surface area contributed by atoms with Crippen LogP contribution in [0.5, 0.6) is 0 Å². The molecule has 6 heteroatoms. The van der Waals surface area contributed by atoms with E-state index in [9.17, 15) is 0 Å². The molecule has 0 spiro atoms. The van der Waals surface area contributed by atoms with Crippen molar-refractivity contribution >= 4 is 50.2 Å². The van der Waals surface area contributed by atoms with Crippen molar-refractivity contribution in [1.29, 1.82) is 0 Å². The monoisotopic (exact) mass is 355 g/mol. The highest BCUT2D eigenvalue weighted by Gasteiger charge is 2.14. The Kier molecular flexibility index (Phi) is 3.48. The maximum absolute atomic E-state index is 6.15. The summed E-state index contributed by atoms with van der Waals surface area (Å²) in [5, 5.41) is 0.647. The van der Waals surface area contributed by atoms with Gasteiger partial charge in [0.2, 0.25) is 0 Å². The number of alkyl halides is 1. The van der Waals surface area contributed by atoms with Crippen molar-refractivity contribution in [2.45, 2.75) is 5.88 Å². The van der Waals surface area contributed by atoms with Crippen molar-refractivity contribution in [3.63, 3.8) is 0 Å². The first kappa shape index (κ1) is 12.9. The summed E-state index contributed by atoms with van der Waals surface area (Å²) in [6.45, 7) is 0. The minimum atomic E-state index is 0.313. The molecule has 96 valence electrons. The van der Waals surface area contributed by atoms with E-state index in [1.54, 1.807) is 12.4 Å². The van der Waals surface area contributed by atoms with E-state index in [1.807, 2.05) is 28.8 Å². The molecule has 0 unspecified atom stereocenters. The van der Waals surface area contributed by atoms with Crippen LogP contribution in [0.25, 0.3) is 16.7 Å². The summed E-state index contributed by atoms with van der Waals surface area (Å²) in [5.74, 6) is 1.07. The zero-order valence-electron chi connectivity index (χ0n) is 9.65. The predicted octanol–water partition coefficient (Wildman–Crippen LogP) is 4.58. The van der Waals surface area contributed by atoms with Crippen molar-refractivity contribution in [1.82, 2.24) is 14.5 Å². The van der Waals surface area contributed by atoms with Gasteiger partial charge < -0.3 is 0 Å². The van der Waals surface area contributed by atoms with Gasteiger partial charge in [-0.1, -0.05) is 17.7 Å². The molecule has 3 rings (SSSR count). The zero-order valence-corrected chi connectivity index (χ0v) is 12.7. The van der Waals surface area contributed by atoms with Crippen LogP contribution in [0, 0.1) is 0 Å². The van der Waals surface area contributed by atoms with Gasteiger partial charge in [0, 0.05) is 6.20 Å². The molecule has 0 saturated carbocycles. The van der Waals surface area contributed by atoms with Gasteiger partial charge in [-0.05, 0) is 34.1 Å². The predicted molar refractivity (Wildman–Crippen MR) is 81.1 cm³/mol. The summed E-state index contributed by atoms with van der Waals surface area (Å²) in [5.41, 5.74) is 2.68. The van der Waals surface area contributed by atoms with Gasteiger partial charge in [-0.15, -0.1) is 11.6 Å². The van der Waals surface area contributed by atoms with Crippen LogP contribution in [-0.4, -0.2) is 14.5 Å². The normalized spacial score (nSPS) is 11.1. The number of pyridine rings is 1. The van der Waals surface area contributed by atoms with Gasteiger partial charge in [-0.3, -0.25) is 9.55 Å². The third kappa shape index (κ3) is 2.14. The lowest BCUT2D eigenvalue weighted by Gasteiger charge is -2.10. The van der Waals surface area contributed by atoms with Gasteiger partial charge in [-0.25, -0.2) is 4.98 Å². The minimum absolute atomic E-state index is 0.313. The van der Waals surface area contributed by atoms with E-state index in [0.29, 0.717) is 10.9 Å². The number of rotatable bonds is 2. The second kappa shape index (κ2) is 5.12. The van der Waals surface area contributed by atoms with E-state index in [-0.39, 0.29) is 0 Å². The fourth-order valence-electron chi connectivity index (χ4n) is 2.01. The highest BCUT2D eigenvalue weighted by molar-refractivity contribution is 9.10. The Bertz CT molecular complexity index is 755. The molecule has 0 aliphatic carbocycles. The van der Waals surface area contributed by atoms with Crippen LogP contribution >= 0.6 is 39.1 Å². The van der Waals surface area contributed by atoms with E-state index in [4.69, 9.17) is 23.2 Å². The van der Waals surface area contributed by atoms with E-state index in [2.05, 4.69) is 25.9 Å². The van der Waals surface area contributed by atoms with Gasteiger partial charge >= 0.3 is 0 Å². The fraction of sp³-hybridized carbons (Fsp3) is 0.0769. The average Bonchev–Trinajstić information content (AvgIpc) is 2.80. The van der Waals surface area contributed by atoms with Crippen LogP contribution < -0.4 is 0 Å². The Hall–Kier alpha value is -1.10. The number of aromatic nitrogens is 3. The first-order chi connectivity index (χ1) is 9.22. The first-order valence-electron chi connectivity index (χ1n) is 5.54. The van der Waals surface area contributed by atoms with Crippen molar-refractivity contribution < 1.29 is 0 Å². The zero-order chi connectivity index (χ0) is 13.4. The molecule has 1 aromatic carbocycles. The van der Waals surface area contributed by atoms with Crippen LogP contribution in [-0.2, 0) is 5.88 Å². The summed E-state index contributed by atoms with van der Waals surface area (Å²) in [6, 6.07) is 7.60. The second-order valence-electron chi connectivity index (χ2n) is 3.93. The van der Waals surface area contributed by atoms with Crippen molar-refractivity contribution in [3.05, 3.63) is 52.0 Å². The van der Waals surface area contributed by atoms with E-state index in [0.717, 1.165) is 27.0 Å². The molecule has 2 aromatic heterocycles. The molecule has 3 aromatic rings. The maximum Gasteiger partial charge on any atom is 0.129 e. The van der Waals surface area contributed by atoms with Gasteiger partial charge in [0.25, 0.3) is 0 Å². The topological polar surface area (TPSA) is 30.7 Å². The number of imidazole rings is 1.